The molecule has 1 unspecified atom stereocenters. The van der Waals surface area contributed by atoms with Gasteiger partial charge in [0.05, 0.1) is 18.0 Å². The second-order valence-electron chi connectivity index (χ2n) is 7.45. The Kier molecular flexibility index (Phi) is 10.6. The molecule has 1 atom stereocenters. The van der Waals surface area contributed by atoms with E-state index < -0.39 is 23.0 Å². The Balaban J connectivity index is 3.22. The molecule has 7 N–H and O–H groups in total. The third-order valence-electron chi connectivity index (χ3n) is 3.94. The van der Waals surface area contributed by atoms with E-state index in [4.69, 9.17) is 21.3 Å². The van der Waals surface area contributed by atoms with Crippen molar-refractivity contribution in [3.63, 3.8) is 0 Å². The summed E-state index contributed by atoms with van der Waals surface area (Å²) in [5.74, 6) is -1.30. The molecule has 1 aromatic rings. The molecule has 0 bridgehead atoms. The third-order valence-corrected chi connectivity index (χ3v) is 5.02. The second kappa shape index (κ2) is 12.6. The summed E-state index contributed by atoms with van der Waals surface area (Å²) in [6.07, 6.45) is 4.16. The van der Waals surface area contributed by atoms with Gasteiger partial charge in [-0.3, -0.25) is 4.99 Å². The summed E-state index contributed by atoms with van der Waals surface area (Å²) >= 11 is -1.80. The van der Waals surface area contributed by atoms with Crippen LogP contribution in [0, 0.1) is 0 Å². The molecule has 1 rings (SSSR count). The normalized spacial score (nSPS) is 14.3. The van der Waals surface area contributed by atoms with Crippen LogP contribution in [0.5, 0.6) is 0 Å². The van der Waals surface area contributed by atoms with Crippen LogP contribution in [0.15, 0.2) is 87.6 Å². The molecule has 0 heterocycles. The highest BCUT2D eigenvalue weighted by Crippen LogP contribution is 2.23. The van der Waals surface area contributed by atoms with Gasteiger partial charge in [-0.25, -0.2) is 4.99 Å². The van der Waals surface area contributed by atoms with Crippen LogP contribution in [0.2, 0.25) is 0 Å². The molecule has 0 fully saturated rings. The van der Waals surface area contributed by atoms with Crippen molar-refractivity contribution in [3.05, 3.63) is 78.3 Å². The van der Waals surface area contributed by atoms with E-state index in [-0.39, 0.29) is 35.9 Å². The monoisotopic (exact) mass is 461 g/mol. The van der Waals surface area contributed by atoms with Gasteiger partial charge < -0.3 is 31.0 Å². The van der Waals surface area contributed by atoms with Gasteiger partial charge in [0.1, 0.15) is 18.0 Å². The summed E-state index contributed by atoms with van der Waals surface area (Å²) in [7, 11) is 0. The smallest absolute Gasteiger partial charge is 0.231 e. The minimum Gasteiger partial charge on any atom is -0.588 e. The lowest BCUT2D eigenvalue weighted by Crippen LogP contribution is -2.34. The fraction of sp³-hybridized carbons (Fsp3) is 0.273. The lowest BCUT2D eigenvalue weighted by Gasteiger charge is -2.19. The van der Waals surface area contributed by atoms with Gasteiger partial charge in [-0.15, -0.1) is 0 Å². The summed E-state index contributed by atoms with van der Waals surface area (Å²) in [6.45, 7) is 13.2. The minimum absolute atomic E-state index is 0.0583. The average Bonchev–Trinajstić information content (AvgIpc) is 2.75. The number of allylic oxidation sites excluding steroid dienone is 1. The number of amidine groups is 1. The largest absolute Gasteiger partial charge is 0.588 e. The van der Waals surface area contributed by atoms with Crippen molar-refractivity contribution in [2.75, 3.05) is 13.2 Å². The van der Waals surface area contributed by atoms with Gasteiger partial charge in [0.15, 0.2) is 4.90 Å². The molecule has 0 aliphatic heterocycles. The second-order valence-corrected chi connectivity index (χ2v) is 8.66. The number of aliphatic hydroxyl groups is 2. The number of nitrogens with one attached hydrogen (secondary N) is 1. The van der Waals surface area contributed by atoms with Crippen LogP contribution in [0.25, 0.3) is 0 Å². The fourth-order valence-corrected chi connectivity index (χ4v) is 2.97. The van der Waals surface area contributed by atoms with Crippen molar-refractivity contribution in [1.29, 1.82) is 0 Å². The zero-order chi connectivity index (χ0) is 24.3. The Morgan fingerprint density at radius 2 is 1.88 bits per heavy atom. The Morgan fingerprint density at radius 3 is 2.41 bits per heavy atom. The molecule has 0 radical (unpaired) electrons. The van der Waals surface area contributed by atoms with Gasteiger partial charge in [0, 0.05) is 6.21 Å². The summed E-state index contributed by atoms with van der Waals surface area (Å²) in [6, 6.07) is 7.18. The van der Waals surface area contributed by atoms with E-state index in [0.29, 0.717) is 4.90 Å². The predicted octanol–water partition coefficient (Wildman–Crippen LogP) is 2.26. The number of nitrogens with two attached hydrogens (primary N) is 2. The first-order chi connectivity index (χ1) is 15.0. The molecular formula is C22H31N5O4S. The fourth-order valence-electron chi connectivity index (χ4n) is 2.15. The van der Waals surface area contributed by atoms with Crippen LogP contribution in [0.4, 0.5) is 0 Å². The first-order valence-electron chi connectivity index (χ1n) is 9.60. The predicted molar refractivity (Wildman–Crippen MR) is 129 cm³/mol. The molecular weight excluding hydrogens is 430 g/mol. The maximum Gasteiger partial charge on any atom is 0.231 e. The Labute approximate surface area is 191 Å². The zero-order valence-electron chi connectivity index (χ0n) is 18.5. The Morgan fingerprint density at radius 1 is 1.25 bits per heavy atom. The van der Waals surface area contributed by atoms with Gasteiger partial charge in [-0.2, -0.15) is 4.72 Å². The van der Waals surface area contributed by atoms with Gasteiger partial charge in [-0.05, 0) is 35.4 Å². The molecule has 0 spiro atoms. The van der Waals surface area contributed by atoms with Gasteiger partial charge in [0.2, 0.25) is 17.5 Å². The van der Waals surface area contributed by atoms with Crippen molar-refractivity contribution in [1.82, 2.24) is 4.72 Å². The highest BCUT2D eigenvalue weighted by Gasteiger charge is 2.22. The van der Waals surface area contributed by atoms with Crippen molar-refractivity contribution >= 4 is 23.4 Å². The first-order valence-corrected chi connectivity index (χ1v) is 10.8. The zero-order valence-corrected chi connectivity index (χ0v) is 19.4. The number of hydrogen-bond donors (Lipinski definition) is 5. The maximum absolute atomic E-state index is 12.9. The molecule has 0 aliphatic carbocycles. The molecule has 0 amide bonds. The van der Waals surface area contributed by atoms with E-state index in [2.05, 4.69) is 48.6 Å². The topological polar surface area (TPSA) is 162 Å². The van der Waals surface area contributed by atoms with E-state index in [1.807, 2.05) is 12.1 Å². The standard InChI is InChI=1S/C22H31N5O4S/c1-15(25-12-6-11-23)16(2)26-21(19(29)20(24)31-14-13-28)27-32(30)18-9-7-17(8-10-18)22(3,4)5/h6-12,28-29H,1-2,13-14,23-24H2,3-5H3,(H,26,27)/b11-6-,20-19-,25-12-. The van der Waals surface area contributed by atoms with Crippen LogP contribution < -0.4 is 16.2 Å². The quantitative estimate of drug-likeness (QED) is 0.117. The van der Waals surface area contributed by atoms with Gasteiger partial charge >= 0.3 is 0 Å². The van der Waals surface area contributed by atoms with Gasteiger partial charge in [0.25, 0.3) is 0 Å². The number of aliphatic imine (C=N–C) groups is 2. The number of benzene rings is 1. The summed E-state index contributed by atoms with van der Waals surface area (Å²) < 4.78 is 20.5. The Bertz CT molecular complexity index is 915. The molecule has 0 saturated carbocycles. The van der Waals surface area contributed by atoms with Crippen LogP contribution in [0.3, 0.4) is 0 Å². The van der Waals surface area contributed by atoms with Crippen molar-refractivity contribution in [2.24, 2.45) is 21.5 Å². The molecule has 0 saturated heterocycles. The highest BCUT2D eigenvalue weighted by atomic mass is 32.2. The molecule has 0 aliphatic rings. The van der Waals surface area contributed by atoms with Crippen LogP contribution in [-0.2, 0) is 21.5 Å². The van der Waals surface area contributed by atoms with E-state index in [1.165, 1.54) is 18.5 Å². The minimum atomic E-state index is -1.80. The van der Waals surface area contributed by atoms with Crippen molar-refractivity contribution in [2.45, 2.75) is 31.1 Å². The van der Waals surface area contributed by atoms with Crippen molar-refractivity contribution in [3.8, 4) is 0 Å². The maximum atomic E-state index is 12.9. The molecule has 9 nitrogen and oxygen atoms in total. The molecule has 1 aromatic carbocycles. The Hall–Kier alpha value is -3.21. The number of hydrogen-bond acceptors (Lipinski definition) is 8. The van der Waals surface area contributed by atoms with Crippen LogP contribution >= 0.6 is 0 Å². The van der Waals surface area contributed by atoms with E-state index in [1.54, 1.807) is 12.1 Å². The molecule has 32 heavy (non-hydrogen) atoms. The number of nitrogens with zero attached hydrogens (tertiary/aromatic N) is 2. The first kappa shape index (κ1) is 26.8. The number of ether oxygens (including phenoxy) is 1. The summed E-state index contributed by atoms with van der Waals surface area (Å²) in [4.78, 5) is 8.57. The highest BCUT2D eigenvalue weighted by molar-refractivity contribution is 7.90. The van der Waals surface area contributed by atoms with Crippen molar-refractivity contribution < 1.29 is 19.5 Å². The number of aliphatic hydroxyl groups excluding tert-OH is 2. The van der Waals surface area contributed by atoms with E-state index in [9.17, 15) is 9.66 Å². The van der Waals surface area contributed by atoms with E-state index >= 15 is 0 Å². The summed E-state index contributed by atoms with van der Waals surface area (Å²) in [5, 5.41) is 19.4. The van der Waals surface area contributed by atoms with Gasteiger partial charge in [-0.1, -0.05) is 46.1 Å². The SMILES string of the molecule is C=C(/N=C\C=C/N)C(=C)/N=C(N[S+]([O-])c1ccc(C(C)(C)C)cc1)\C(O)=C(/N)OCCO. The lowest BCUT2D eigenvalue weighted by atomic mass is 9.87. The van der Waals surface area contributed by atoms with Crippen LogP contribution in [-0.4, -0.2) is 40.0 Å². The average molecular weight is 462 g/mol. The molecule has 10 heteroatoms. The lowest BCUT2D eigenvalue weighted by molar-refractivity contribution is 0.135. The van der Waals surface area contributed by atoms with Crippen LogP contribution in [0.1, 0.15) is 26.3 Å². The molecule has 174 valence electrons. The number of rotatable bonds is 10. The molecule has 0 aromatic heterocycles. The van der Waals surface area contributed by atoms with E-state index in [0.717, 1.165) is 5.56 Å². The summed E-state index contributed by atoms with van der Waals surface area (Å²) in [5.41, 5.74) is 12.2. The third kappa shape index (κ3) is 8.50.